The zero-order chi connectivity index (χ0) is 11.6. The lowest BCUT2D eigenvalue weighted by Crippen LogP contribution is -2.61. The van der Waals surface area contributed by atoms with Gasteiger partial charge in [0.05, 0.1) is 0 Å². The van der Waals surface area contributed by atoms with Crippen LogP contribution in [0.4, 0.5) is 0 Å². The van der Waals surface area contributed by atoms with Crippen molar-refractivity contribution in [3.8, 4) is 0 Å². The molecule has 1 saturated carbocycles. The van der Waals surface area contributed by atoms with Crippen LogP contribution in [0.15, 0.2) is 22.8 Å². The minimum atomic E-state index is 0.337. The highest BCUT2D eigenvalue weighted by Gasteiger charge is 2.67. The van der Waals surface area contributed by atoms with Gasteiger partial charge in [0.1, 0.15) is 0 Å². The van der Waals surface area contributed by atoms with Crippen LogP contribution in [0.25, 0.3) is 0 Å². The summed E-state index contributed by atoms with van der Waals surface area (Å²) in [6.07, 6.45) is 3.73. The second-order valence-electron chi connectivity index (χ2n) is 6.83. The third kappa shape index (κ3) is 0.940. The van der Waals surface area contributed by atoms with E-state index in [0.717, 1.165) is 0 Å². The maximum Gasteiger partial charge on any atom is 0.0226 e. The van der Waals surface area contributed by atoms with Crippen LogP contribution < -0.4 is 0 Å². The summed E-state index contributed by atoms with van der Waals surface area (Å²) in [5.74, 6) is 0. The summed E-state index contributed by atoms with van der Waals surface area (Å²) in [7, 11) is 0. The van der Waals surface area contributed by atoms with Crippen molar-refractivity contribution in [2.24, 2.45) is 16.2 Å². The summed E-state index contributed by atoms with van der Waals surface area (Å²) in [6.45, 7) is 16.6. The predicted octanol–water partition coefficient (Wildman–Crippen LogP) is 4.73. The minimum absolute atomic E-state index is 0.337. The molecule has 0 nitrogen and oxygen atoms in total. The number of rotatable bonds is 0. The first-order valence-corrected chi connectivity index (χ1v) is 6.03. The van der Waals surface area contributed by atoms with Gasteiger partial charge in [-0.15, -0.1) is 0 Å². The van der Waals surface area contributed by atoms with Gasteiger partial charge < -0.3 is 0 Å². The van der Waals surface area contributed by atoms with Gasteiger partial charge in [0.15, 0.2) is 0 Å². The highest BCUT2D eigenvalue weighted by Crippen LogP contribution is 2.75. The number of hydrogen-bond acceptors (Lipinski definition) is 0. The normalized spacial score (nSPS) is 30.5. The molecule has 2 aliphatic carbocycles. The van der Waals surface area contributed by atoms with Crippen molar-refractivity contribution in [1.82, 2.24) is 0 Å². The lowest BCUT2D eigenvalue weighted by atomic mass is 9.35. The Hall–Kier alpha value is -0.520. The van der Waals surface area contributed by atoms with Crippen LogP contribution in [-0.4, -0.2) is 0 Å². The van der Waals surface area contributed by atoms with Crippen molar-refractivity contribution in [3.05, 3.63) is 22.8 Å². The van der Waals surface area contributed by atoms with Crippen molar-refractivity contribution in [2.75, 3.05) is 0 Å². The van der Waals surface area contributed by atoms with E-state index in [1.54, 1.807) is 11.1 Å². The van der Waals surface area contributed by atoms with E-state index in [0.29, 0.717) is 16.2 Å². The fraction of sp³-hybridized carbons (Fsp3) is 0.733. The van der Waals surface area contributed by atoms with Gasteiger partial charge in [0, 0.05) is 5.41 Å². The Bertz CT molecular complexity index is 361. The second-order valence-corrected chi connectivity index (χ2v) is 6.83. The Morgan fingerprint density at radius 1 is 0.933 bits per heavy atom. The van der Waals surface area contributed by atoms with Crippen LogP contribution in [0.2, 0.25) is 0 Å². The van der Waals surface area contributed by atoms with Gasteiger partial charge in [-0.05, 0) is 38.0 Å². The molecule has 0 saturated heterocycles. The molecule has 0 unspecified atom stereocenters. The average molecular weight is 204 g/mol. The van der Waals surface area contributed by atoms with E-state index in [9.17, 15) is 0 Å². The molecule has 84 valence electrons. The van der Waals surface area contributed by atoms with Gasteiger partial charge in [-0.25, -0.2) is 0 Å². The van der Waals surface area contributed by atoms with Gasteiger partial charge in [0.2, 0.25) is 0 Å². The topological polar surface area (TPSA) is 0 Å². The van der Waals surface area contributed by atoms with E-state index < -0.39 is 0 Å². The molecular weight excluding hydrogens is 180 g/mol. The molecule has 0 atom stereocenters. The van der Waals surface area contributed by atoms with Gasteiger partial charge >= 0.3 is 0 Å². The first kappa shape index (κ1) is 11.0. The lowest BCUT2D eigenvalue weighted by molar-refractivity contribution is -0.125. The third-order valence-electron chi connectivity index (χ3n) is 5.09. The van der Waals surface area contributed by atoms with Crippen molar-refractivity contribution < 1.29 is 0 Å². The second kappa shape index (κ2) is 2.59. The molecular formula is C15H24. The van der Waals surface area contributed by atoms with E-state index in [2.05, 4.69) is 54.5 Å². The van der Waals surface area contributed by atoms with E-state index in [1.165, 1.54) is 12.0 Å². The standard InChI is InChI=1S/C15H24/c1-10-8-11(2)15(12(10)3)13(4,5)9-14(15,6)7/h8H,9H2,1-7H3. The first-order chi connectivity index (χ1) is 6.67. The van der Waals surface area contributed by atoms with E-state index in [-0.39, 0.29) is 0 Å². The smallest absolute Gasteiger partial charge is 0.0226 e. The van der Waals surface area contributed by atoms with Crippen LogP contribution >= 0.6 is 0 Å². The van der Waals surface area contributed by atoms with Gasteiger partial charge in [-0.2, -0.15) is 0 Å². The highest BCUT2D eigenvalue weighted by molar-refractivity contribution is 5.51. The van der Waals surface area contributed by atoms with Crippen LogP contribution in [-0.2, 0) is 0 Å². The molecule has 2 rings (SSSR count). The molecule has 0 N–H and O–H groups in total. The molecule has 0 aromatic rings. The maximum absolute atomic E-state index is 2.43. The quantitative estimate of drug-likeness (QED) is 0.535. The zero-order valence-electron chi connectivity index (χ0n) is 11.3. The Morgan fingerprint density at radius 3 is 1.60 bits per heavy atom. The van der Waals surface area contributed by atoms with Crippen LogP contribution in [0, 0.1) is 16.2 Å². The third-order valence-corrected chi connectivity index (χ3v) is 5.09. The van der Waals surface area contributed by atoms with Crippen molar-refractivity contribution >= 4 is 0 Å². The lowest BCUT2D eigenvalue weighted by Gasteiger charge is -2.68. The molecule has 15 heavy (non-hydrogen) atoms. The maximum atomic E-state index is 2.43. The molecule has 0 amide bonds. The van der Waals surface area contributed by atoms with Crippen molar-refractivity contribution in [1.29, 1.82) is 0 Å². The van der Waals surface area contributed by atoms with E-state index in [4.69, 9.17) is 0 Å². The number of allylic oxidation sites excluding steroid dienone is 4. The first-order valence-electron chi connectivity index (χ1n) is 6.03. The molecule has 1 spiro atoms. The van der Waals surface area contributed by atoms with Crippen molar-refractivity contribution in [2.45, 2.75) is 54.9 Å². The summed E-state index contributed by atoms with van der Waals surface area (Å²) in [5, 5.41) is 0. The SMILES string of the molecule is CC1=CC(C)=C(C)C12C(C)(C)CC2(C)C. The summed E-state index contributed by atoms with van der Waals surface area (Å²) in [5.41, 5.74) is 5.88. The molecule has 1 fully saturated rings. The molecule has 0 heterocycles. The summed E-state index contributed by atoms with van der Waals surface area (Å²) >= 11 is 0. The zero-order valence-corrected chi connectivity index (χ0v) is 11.3. The summed E-state index contributed by atoms with van der Waals surface area (Å²) < 4.78 is 0. The van der Waals surface area contributed by atoms with E-state index >= 15 is 0 Å². The van der Waals surface area contributed by atoms with E-state index in [1.807, 2.05) is 0 Å². The molecule has 0 radical (unpaired) electrons. The van der Waals surface area contributed by atoms with Gasteiger partial charge in [0.25, 0.3) is 0 Å². The molecule has 0 bridgehead atoms. The minimum Gasteiger partial charge on any atom is -0.0617 e. The monoisotopic (exact) mass is 204 g/mol. The van der Waals surface area contributed by atoms with Crippen LogP contribution in [0.5, 0.6) is 0 Å². The molecule has 0 heteroatoms. The van der Waals surface area contributed by atoms with Crippen molar-refractivity contribution in [3.63, 3.8) is 0 Å². The Labute approximate surface area is 94.5 Å². The number of hydrogen-bond donors (Lipinski definition) is 0. The van der Waals surface area contributed by atoms with Gasteiger partial charge in [-0.3, -0.25) is 0 Å². The largest absolute Gasteiger partial charge is 0.0617 e. The Kier molecular flexibility index (Phi) is 1.89. The van der Waals surface area contributed by atoms with Crippen LogP contribution in [0.1, 0.15) is 54.9 Å². The fourth-order valence-electron chi connectivity index (χ4n) is 5.39. The summed E-state index contributed by atoms with van der Waals surface area (Å²) in [6, 6.07) is 0. The average Bonchev–Trinajstić information content (AvgIpc) is 2.22. The molecule has 2 aliphatic rings. The Morgan fingerprint density at radius 2 is 1.40 bits per heavy atom. The Balaban J connectivity index is 2.64. The van der Waals surface area contributed by atoms with Gasteiger partial charge in [-0.1, -0.05) is 50.5 Å². The fourth-order valence-corrected chi connectivity index (χ4v) is 5.39. The molecule has 0 aromatic heterocycles. The molecule has 0 aliphatic heterocycles. The van der Waals surface area contributed by atoms with Crippen LogP contribution in [0.3, 0.4) is 0 Å². The summed E-state index contributed by atoms with van der Waals surface area (Å²) in [4.78, 5) is 0. The molecule has 0 aromatic carbocycles. The predicted molar refractivity (Wildman–Crippen MR) is 66.7 cm³/mol. The highest BCUT2D eigenvalue weighted by atomic mass is 14.7.